The molecular formula is C14H15N3O4S. The molecule has 3 rings (SSSR count). The highest BCUT2D eigenvalue weighted by atomic mass is 32.2. The summed E-state index contributed by atoms with van der Waals surface area (Å²) in [6.07, 6.45) is 6.18. The molecule has 0 saturated carbocycles. The minimum atomic E-state index is -3.36. The van der Waals surface area contributed by atoms with E-state index in [2.05, 4.69) is 9.97 Å². The Bertz CT molecular complexity index is 744. The lowest BCUT2D eigenvalue weighted by Gasteiger charge is -2.15. The van der Waals surface area contributed by atoms with E-state index < -0.39 is 15.1 Å². The monoisotopic (exact) mass is 321 g/mol. The predicted octanol–water partition coefficient (Wildman–Crippen LogP) is 0.899. The molecular weight excluding hydrogens is 306 g/mol. The molecule has 0 N–H and O–H groups in total. The maximum absolute atomic E-state index is 12.4. The van der Waals surface area contributed by atoms with Crippen molar-refractivity contribution >= 4 is 15.7 Å². The van der Waals surface area contributed by atoms with Crippen LogP contribution >= 0.6 is 0 Å². The molecule has 1 fully saturated rings. The zero-order valence-corrected chi connectivity index (χ0v) is 12.6. The van der Waals surface area contributed by atoms with Crippen LogP contribution in [0.5, 0.6) is 0 Å². The van der Waals surface area contributed by atoms with Crippen LogP contribution < -0.4 is 0 Å². The molecule has 1 saturated heterocycles. The number of nitrogens with zero attached hydrogens (tertiary/aromatic N) is 3. The molecule has 3 heterocycles. The number of hydrogen-bond donors (Lipinski definition) is 0. The van der Waals surface area contributed by atoms with Gasteiger partial charge in [0.05, 0.1) is 17.7 Å². The van der Waals surface area contributed by atoms with Crippen molar-refractivity contribution in [3.05, 3.63) is 48.4 Å². The lowest BCUT2D eigenvalue weighted by atomic mass is 10.4. The van der Waals surface area contributed by atoms with Gasteiger partial charge in [-0.15, -0.1) is 0 Å². The SMILES string of the molecule is O=C(c1cnccn1)N1CC[C@@H](S(=O)(=O)Cc2ccco2)C1. The van der Waals surface area contributed by atoms with Crippen molar-refractivity contribution in [2.24, 2.45) is 0 Å². The number of rotatable bonds is 4. The summed E-state index contributed by atoms with van der Waals surface area (Å²) >= 11 is 0. The highest BCUT2D eigenvalue weighted by Gasteiger charge is 2.36. The fourth-order valence-electron chi connectivity index (χ4n) is 2.49. The molecule has 2 aromatic rings. The van der Waals surface area contributed by atoms with Crippen molar-refractivity contribution in [1.29, 1.82) is 0 Å². The fourth-order valence-corrected chi connectivity index (χ4v) is 4.16. The lowest BCUT2D eigenvalue weighted by molar-refractivity contribution is 0.0787. The molecule has 1 aliphatic heterocycles. The van der Waals surface area contributed by atoms with Gasteiger partial charge < -0.3 is 9.32 Å². The van der Waals surface area contributed by atoms with Gasteiger partial charge in [0.2, 0.25) is 0 Å². The molecule has 7 nitrogen and oxygen atoms in total. The van der Waals surface area contributed by atoms with Gasteiger partial charge in [0.15, 0.2) is 9.84 Å². The van der Waals surface area contributed by atoms with Crippen molar-refractivity contribution in [2.75, 3.05) is 13.1 Å². The number of aromatic nitrogens is 2. The average molecular weight is 321 g/mol. The first-order valence-corrected chi connectivity index (χ1v) is 8.57. The van der Waals surface area contributed by atoms with Gasteiger partial charge in [0.1, 0.15) is 17.2 Å². The molecule has 0 aromatic carbocycles. The summed E-state index contributed by atoms with van der Waals surface area (Å²) in [4.78, 5) is 21.6. The van der Waals surface area contributed by atoms with E-state index in [0.717, 1.165) is 0 Å². The quantitative estimate of drug-likeness (QED) is 0.830. The van der Waals surface area contributed by atoms with Gasteiger partial charge in [-0.25, -0.2) is 13.4 Å². The van der Waals surface area contributed by atoms with Crippen LogP contribution in [-0.2, 0) is 15.6 Å². The Hall–Kier alpha value is -2.22. The number of sulfone groups is 1. The third-order valence-electron chi connectivity index (χ3n) is 3.65. The summed E-state index contributed by atoms with van der Waals surface area (Å²) in [7, 11) is -3.36. The molecule has 22 heavy (non-hydrogen) atoms. The number of hydrogen-bond acceptors (Lipinski definition) is 6. The Labute approximate surface area is 127 Å². The largest absolute Gasteiger partial charge is 0.468 e. The topological polar surface area (TPSA) is 93.4 Å². The smallest absolute Gasteiger partial charge is 0.274 e. The second-order valence-corrected chi connectivity index (χ2v) is 7.42. The van der Waals surface area contributed by atoms with Gasteiger partial charge in [-0.05, 0) is 18.6 Å². The van der Waals surface area contributed by atoms with Crippen molar-refractivity contribution in [3.63, 3.8) is 0 Å². The summed E-state index contributed by atoms with van der Waals surface area (Å²) in [5.41, 5.74) is 0.228. The predicted molar refractivity (Wildman–Crippen MR) is 77.7 cm³/mol. The third-order valence-corrected chi connectivity index (χ3v) is 5.73. The van der Waals surface area contributed by atoms with E-state index in [1.165, 1.54) is 29.8 Å². The molecule has 0 bridgehead atoms. The molecule has 1 amide bonds. The van der Waals surface area contributed by atoms with Crippen LogP contribution in [0.15, 0.2) is 41.4 Å². The van der Waals surface area contributed by atoms with E-state index in [4.69, 9.17) is 4.42 Å². The van der Waals surface area contributed by atoms with Crippen molar-refractivity contribution in [2.45, 2.75) is 17.4 Å². The van der Waals surface area contributed by atoms with Crippen LogP contribution in [0.1, 0.15) is 22.7 Å². The zero-order valence-electron chi connectivity index (χ0n) is 11.8. The second kappa shape index (κ2) is 5.88. The minimum absolute atomic E-state index is 0.141. The summed E-state index contributed by atoms with van der Waals surface area (Å²) in [6, 6.07) is 3.29. The maximum Gasteiger partial charge on any atom is 0.274 e. The standard InChI is InChI=1S/C14H15N3O4S/c18-14(13-8-15-4-5-16-13)17-6-3-12(9-17)22(19,20)10-11-2-1-7-21-11/h1-2,4-5,7-8,12H,3,6,9-10H2/t12-/m1/s1. The second-order valence-electron chi connectivity index (χ2n) is 5.14. The van der Waals surface area contributed by atoms with E-state index in [1.807, 2.05) is 0 Å². The number of carbonyl (C=O) groups is 1. The van der Waals surface area contributed by atoms with Crippen molar-refractivity contribution in [1.82, 2.24) is 14.9 Å². The summed E-state index contributed by atoms with van der Waals surface area (Å²) in [5, 5.41) is -0.571. The van der Waals surface area contributed by atoms with Crippen LogP contribution in [0.2, 0.25) is 0 Å². The maximum atomic E-state index is 12.4. The van der Waals surface area contributed by atoms with Crippen LogP contribution in [0, 0.1) is 0 Å². The van der Waals surface area contributed by atoms with Crippen molar-refractivity contribution < 1.29 is 17.6 Å². The summed E-state index contributed by atoms with van der Waals surface area (Å²) in [5.74, 6) is -0.0137. The van der Waals surface area contributed by atoms with E-state index in [9.17, 15) is 13.2 Å². The van der Waals surface area contributed by atoms with Crippen LogP contribution in [0.3, 0.4) is 0 Å². The Kier molecular flexibility index (Phi) is 3.93. The molecule has 1 atom stereocenters. The first-order chi connectivity index (χ1) is 10.6. The number of furan rings is 1. The molecule has 116 valence electrons. The van der Waals surface area contributed by atoms with Gasteiger partial charge in [0, 0.05) is 25.5 Å². The molecule has 0 aliphatic carbocycles. The number of carbonyl (C=O) groups excluding carboxylic acids is 1. The van der Waals surface area contributed by atoms with Crippen molar-refractivity contribution in [3.8, 4) is 0 Å². The molecule has 0 radical (unpaired) electrons. The fraction of sp³-hybridized carbons (Fsp3) is 0.357. The Balaban J connectivity index is 1.68. The Morgan fingerprint density at radius 3 is 2.95 bits per heavy atom. The van der Waals surface area contributed by atoms with Gasteiger partial charge in [-0.1, -0.05) is 0 Å². The molecule has 0 spiro atoms. The van der Waals surface area contributed by atoms with E-state index in [0.29, 0.717) is 18.7 Å². The number of likely N-dealkylation sites (tertiary alicyclic amines) is 1. The molecule has 0 unspecified atom stereocenters. The summed E-state index contributed by atoms with van der Waals surface area (Å²) < 4.78 is 29.9. The Morgan fingerprint density at radius 2 is 2.27 bits per heavy atom. The first-order valence-electron chi connectivity index (χ1n) is 6.85. The van der Waals surface area contributed by atoms with Gasteiger partial charge >= 0.3 is 0 Å². The molecule has 8 heteroatoms. The van der Waals surface area contributed by atoms with E-state index >= 15 is 0 Å². The van der Waals surface area contributed by atoms with Crippen LogP contribution in [0.4, 0.5) is 0 Å². The highest BCUT2D eigenvalue weighted by Crippen LogP contribution is 2.22. The highest BCUT2D eigenvalue weighted by molar-refractivity contribution is 7.91. The minimum Gasteiger partial charge on any atom is -0.468 e. The zero-order chi connectivity index (χ0) is 15.6. The van der Waals surface area contributed by atoms with Gasteiger partial charge in [0.25, 0.3) is 5.91 Å². The molecule has 2 aromatic heterocycles. The molecule has 1 aliphatic rings. The van der Waals surface area contributed by atoms with Gasteiger partial charge in [-0.3, -0.25) is 9.78 Å². The van der Waals surface area contributed by atoms with Crippen LogP contribution in [-0.4, -0.2) is 47.5 Å². The third kappa shape index (κ3) is 3.01. The van der Waals surface area contributed by atoms with Gasteiger partial charge in [-0.2, -0.15) is 0 Å². The van der Waals surface area contributed by atoms with E-state index in [1.54, 1.807) is 12.1 Å². The first kappa shape index (κ1) is 14.7. The Morgan fingerprint density at radius 1 is 1.41 bits per heavy atom. The van der Waals surface area contributed by atoms with E-state index in [-0.39, 0.29) is 23.9 Å². The van der Waals surface area contributed by atoms with Crippen LogP contribution in [0.25, 0.3) is 0 Å². The number of amides is 1. The summed E-state index contributed by atoms with van der Waals surface area (Å²) in [6.45, 7) is 0.579. The normalized spacial score (nSPS) is 18.5. The average Bonchev–Trinajstić information content (AvgIpc) is 3.18. The lowest BCUT2D eigenvalue weighted by Crippen LogP contribution is -2.32.